The van der Waals surface area contributed by atoms with Crippen molar-refractivity contribution in [3.8, 4) is 11.4 Å². The predicted octanol–water partition coefficient (Wildman–Crippen LogP) is 1.10. The van der Waals surface area contributed by atoms with E-state index in [0.29, 0.717) is 30.2 Å². The third-order valence-electron chi connectivity index (χ3n) is 3.11. The van der Waals surface area contributed by atoms with Gasteiger partial charge in [-0.1, -0.05) is 0 Å². The average Bonchev–Trinajstić information content (AvgIpc) is 3.15. The molecule has 0 radical (unpaired) electrons. The summed E-state index contributed by atoms with van der Waals surface area (Å²) in [6.45, 7) is 0.954. The lowest BCUT2D eigenvalue weighted by molar-refractivity contribution is 0.0936. The van der Waals surface area contributed by atoms with Gasteiger partial charge in [0.15, 0.2) is 11.5 Å². The minimum Gasteiger partial charge on any atom is -0.383 e. The van der Waals surface area contributed by atoms with Crippen LogP contribution >= 0.6 is 0 Å². The van der Waals surface area contributed by atoms with Gasteiger partial charge >= 0.3 is 0 Å². The molecule has 7 nitrogen and oxygen atoms in total. The number of nitrogens with one attached hydrogen (secondary N) is 2. The summed E-state index contributed by atoms with van der Waals surface area (Å²) in [4.78, 5) is 15.0. The number of hydrogen-bond donors (Lipinski definition) is 2. The monoisotopic (exact) mass is 285 g/mol. The van der Waals surface area contributed by atoms with E-state index in [-0.39, 0.29) is 5.91 Å². The predicted molar refractivity (Wildman–Crippen MR) is 77.0 cm³/mol. The molecule has 0 aromatic carbocycles. The Balaban J connectivity index is 1.92. The van der Waals surface area contributed by atoms with Gasteiger partial charge < -0.3 is 15.0 Å². The number of methoxy groups -OCH3 is 1. The van der Waals surface area contributed by atoms with Gasteiger partial charge in [0.1, 0.15) is 0 Å². The number of carbonyl (C=O) groups excluding carboxylic acids is 1. The van der Waals surface area contributed by atoms with Crippen LogP contribution in [0.25, 0.3) is 17.0 Å². The lowest BCUT2D eigenvalue weighted by atomic mass is 10.2. The third-order valence-corrected chi connectivity index (χ3v) is 3.11. The van der Waals surface area contributed by atoms with E-state index >= 15 is 0 Å². The molecule has 2 N–H and O–H groups in total. The van der Waals surface area contributed by atoms with Crippen molar-refractivity contribution in [2.75, 3.05) is 20.3 Å². The van der Waals surface area contributed by atoms with Crippen LogP contribution in [0.2, 0.25) is 0 Å². The molecule has 0 unspecified atom stereocenters. The van der Waals surface area contributed by atoms with E-state index in [1.165, 1.54) is 0 Å². The van der Waals surface area contributed by atoms with Crippen LogP contribution in [0.15, 0.2) is 36.8 Å². The van der Waals surface area contributed by atoms with Crippen LogP contribution < -0.4 is 5.32 Å². The minimum absolute atomic E-state index is 0.150. The first-order valence-electron chi connectivity index (χ1n) is 6.54. The van der Waals surface area contributed by atoms with Crippen LogP contribution in [0.3, 0.4) is 0 Å². The van der Waals surface area contributed by atoms with Gasteiger partial charge in [0.05, 0.1) is 12.2 Å². The Bertz CT molecular complexity index is 748. The standard InChI is InChI=1S/C14H15N5O2/c1-21-7-6-16-14(20)11-2-3-12-17-18-13(19(12)9-11)10-4-5-15-8-10/h2-5,8-9,15H,6-7H2,1H3,(H,16,20). The number of aromatic amines is 1. The SMILES string of the molecule is COCCNC(=O)c1ccc2nnc(-c3cc[nH]c3)n2c1. The number of aromatic nitrogens is 4. The molecule has 3 aromatic rings. The van der Waals surface area contributed by atoms with Crippen molar-refractivity contribution in [1.82, 2.24) is 24.9 Å². The van der Waals surface area contributed by atoms with Crippen molar-refractivity contribution < 1.29 is 9.53 Å². The highest BCUT2D eigenvalue weighted by Gasteiger charge is 2.11. The van der Waals surface area contributed by atoms with Gasteiger partial charge in [-0.25, -0.2) is 0 Å². The van der Waals surface area contributed by atoms with Crippen LogP contribution in [0.4, 0.5) is 0 Å². The highest BCUT2D eigenvalue weighted by atomic mass is 16.5. The number of pyridine rings is 1. The number of ether oxygens (including phenoxy) is 1. The highest BCUT2D eigenvalue weighted by Crippen LogP contribution is 2.18. The normalized spacial score (nSPS) is 10.9. The molecule has 7 heteroatoms. The van der Waals surface area contributed by atoms with Gasteiger partial charge in [0, 0.05) is 37.8 Å². The molecule has 3 aromatic heterocycles. The number of fused-ring (bicyclic) bond motifs is 1. The molecule has 0 saturated heterocycles. The second-order valence-electron chi connectivity index (χ2n) is 4.52. The van der Waals surface area contributed by atoms with Crippen molar-refractivity contribution in [1.29, 1.82) is 0 Å². The fraction of sp³-hybridized carbons (Fsp3) is 0.214. The Kier molecular flexibility index (Phi) is 3.65. The lowest BCUT2D eigenvalue weighted by Gasteiger charge is -2.05. The van der Waals surface area contributed by atoms with E-state index in [1.807, 2.05) is 18.5 Å². The van der Waals surface area contributed by atoms with Crippen LogP contribution in [-0.4, -0.2) is 45.8 Å². The van der Waals surface area contributed by atoms with Gasteiger partial charge in [0.2, 0.25) is 0 Å². The molecule has 0 aliphatic rings. The summed E-state index contributed by atoms with van der Waals surface area (Å²) in [6.07, 6.45) is 5.39. The summed E-state index contributed by atoms with van der Waals surface area (Å²) >= 11 is 0. The molecule has 0 spiro atoms. The van der Waals surface area contributed by atoms with E-state index in [4.69, 9.17) is 4.74 Å². The molecule has 108 valence electrons. The number of hydrogen-bond acceptors (Lipinski definition) is 4. The largest absolute Gasteiger partial charge is 0.383 e. The minimum atomic E-state index is -0.150. The quantitative estimate of drug-likeness (QED) is 0.688. The molecule has 3 rings (SSSR count). The molecule has 0 aliphatic carbocycles. The summed E-state index contributed by atoms with van der Waals surface area (Å²) in [5, 5.41) is 11.0. The first kappa shape index (κ1) is 13.3. The maximum absolute atomic E-state index is 12.1. The molecule has 3 heterocycles. The van der Waals surface area contributed by atoms with Crippen LogP contribution in [0.5, 0.6) is 0 Å². The summed E-state index contributed by atoms with van der Waals surface area (Å²) < 4.78 is 6.71. The molecular formula is C14H15N5O2. The maximum atomic E-state index is 12.1. The number of rotatable bonds is 5. The van der Waals surface area contributed by atoms with Gasteiger partial charge in [-0.15, -0.1) is 10.2 Å². The van der Waals surface area contributed by atoms with Crippen molar-refractivity contribution in [2.24, 2.45) is 0 Å². The van der Waals surface area contributed by atoms with Crippen LogP contribution in [0.1, 0.15) is 10.4 Å². The molecule has 0 saturated carbocycles. The van der Waals surface area contributed by atoms with E-state index in [1.54, 1.807) is 29.8 Å². The molecule has 0 atom stereocenters. The summed E-state index contributed by atoms with van der Waals surface area (Å²) in [5.74, 6) is 0.542. The fourth-order valence-electron chi connectivity index (χ4n) is 2.05. The van der Waals surface area contributed by atoms with Gasteiger partial charge in [-0.3, -0.25) is 9.20 Å². The maximum Gasteiger partial charge on any atom is 0.252 e. The van der Waals surface area contributed by atoms with Crippen molar-refractivity contribution >= 4 is 11.6 Å². The third kappa shape index (κ3) is 2.63. The zero-order valence-electron chi connectivity index (χ0n) is 11.5. The molecule has 1 amide bonds. The fourth-order valence-corrected chi connectivity index (χ4v) is 2.05. The molecule has 0 aliphatic heterocycles. The molecule has 0 bridgehead atoms. The Labute approximate surface area is 121 Å². The second-order valence-corrected chi connectivity index (χ2v) is 4.52. The second kappa shape index (κ2) is 5.76. The molecule has 0 fully saturated rings. The lowest BCUT2D eigenvalue weighted by Crippen LogP contribution is -2.27. The summed E-state index contributed by atoms with van der Waals surface area (Å²) in [5.41, 5.74) is 2.16. The van der Waals surface area contributed by atoms with Crippen molar-refractivity contribution in [2.45, 2.75) is 0 Å². The number of nitrogens with zero attached hydrogens (tertiary/aromatic N) is 3. The number of H-pyrrole nitrogens is 1. The zero-order chi connectivity index (χ0) is 14.7. The summed E-state index contributed by atoms with van der Waals surface area (Å²) in [7, 11) is 1.60. The average molecular weight is 285 g/mol. The first-order valence-corrected chi connectivity index (χ1v) is 6.54. The molecule has 21 heavy (non-hydrogen) atoms. The zero-order valence-corrected chi connectivity index (χ0v) is 11.5. The van der Waals surface area contributed by atoms with Crippen LogP contribution in [0, 0.1) is 0 Å². The molecular weight excluding hydrogens is 270 g/mol. The Morgan fingerprint density at radius 1 is 1.38 bits per heavy atom. The van der Waals surface area contributed by atoms with Crippen molar-refractivity contribution in [3.05, 3.63) is 42.4 Å². The Morgan fingerprint density at radius 3 is 3.05 bits per heavy atom. The van der Waals surface area contributed by atoms with Gasteiger partial charge in [-0.2, -0.15) is 0 Å². The number of carbonyl (C=O) groups is 1. The van der Waals surface area contributed by atoms with E-state index in [0.717, 1.165) is 5.56 Å². The van der Waals surface area contributed by atoms with E-state index in [9.17, 15) is 4.79 Å². The smallest absolute Gasteiger partial charge is 0.252 e. The van der Waals surface area contributed by atoms with E-state index < -0.39 is 0 Å². The Hall–Kier alpha value is -2.67. The number of amides is 1. The topological polar surface area (TPSA) is 84.3 Å². The summed E-state index contributed by atoms with van der Waals surface area (Å²) in [6, 6.07) is 5.41. The highest BCUT2D eigenvalue weighted by molar-refractivity contribution is 5.94. The van der Waals surface area contributed by atoms with E-state index in [2.05, 4.69) is 20.5 Å². The first-order chi connectivity index (χ1) is 10.3. The van der Waals surface area contributed by atoms with Crippen molar-refractivity contribution in [3.63, 3.8) is 0 Å². The van der Waals surface area contributed by atoms with Gasteiger partial charge in [-0.05, 0) is 18.2 Å². The van der Waals surface area contributed by atoms with Crippen LogP contribution in [-0.2, 0) is 4.74 Å². The Morgan fingerprint density at radius 2 is 2.29 bits per heavy atom. The van der Waals surface area contributed by atoms with Gasteiger partial charge in [0.25, 0.3) is 5.91 Å².